The molecule has 0 bridgehead atoms. The first kappa shape index (κ1) is 19.5. The van der Waals surface area contributed by atoms with Crippen molar-refractivity contribution in [1.29, 1.82) is 0 Å². The van der Waals surface area contributed by atoms with Crippen molar-refractivity contribution in [2.75, 3.05) is 5.32 Å². The average Bonchev–Trinajstić information content (AvgIpc) is 2.91. The van der Waals surface area contributed by atoms with Crippen LogP contribution in [0.15, 0.2) is 48.5 Å². The summed E-state index contributed by atoms with van der Waals surface area (Å²) in [6.07, 6.45) is 0. The average molecular weight is 385 g/mol. The molecule has 7 heteroatoms. The molecule has 1 amide bonds. The van der Waals surface area contributed by atoms with E-state index in [0.29, 0.717) is 17.9 Å². The van der Waals surface area contributed by atoms with E-state index >= 15 is 0 Å². The summed E-state index contributed by atoms with van der Waals surface area (Å²) in [5, 5.41) is 7.27. The second-order valence-electron chi connectivity index (χ2n) is 6.52. The molecular weight excluding hydrogens is 364 g/mol. The number of hydrogen-bond donors (Lipinski definition) is 1. The van der Waals surface area contributed by atoms with Gasteiger partial charge in [-0.3, -0.25) is 9.48 Å². The summed E-state index contributed by atoms with van der Waals surface area (Å²) in [7, 11) is 0. The van der Waals surface area contributed by atoms with E-state index < -0.39 is 12.5 Å². The Morgan fingerprint density at radius 3 is 2.46 bits per heavy atom. The summed E-state index contributed by atoms with van der Waals surface area (Å²) in [4.78, 5) is 12.7. The van der Waals surface area contributed by atoms with Crippen molar-refractivity contribution >= 4 is 11.6 Å². The van der Waals surface area contributed by atoms with Crippen LogP contribution in [0.1, 0.15) is 32.9 Å². The zero-order valence-corrected chi connectivity index (χ0v) is 15.9. The highest BCUT2D eigenvalue weighted by Gasteiger charge is 2.19. The maximum Gasteiger partial charge on any atom is 0.387 e. The van der Waals surface area contributed by atoms with Crippen LogP contribution in [-0.4, -0.2) is 22.3 Å². The van der Waals surface area contributed by atoms with E-state index in [1.165, 1.54) is 23.8 Å². The third-order valence-corrected chi connectivity index (χ3v) is 4.42. The molecule has 0 saturated carbocycles. The standard InChI is InChI=1S/C21H21F2N3O2/c1-13-8-10-16(11-9-13)12-26-15(3)19(14(2)25-26)24-20(27)17-6-4-5-7-18(17)28-21(22)23/h4-11,21H,12H2,1-3H3,(H,24,27). The number of ether oxygens (including phenoxy) is 1. The predicted molar refractivity (Wildman–Crippen MR) is 103 cm³/mol. The number of amides is 1. The second kappa shape index (κ2) is 8.21. The van der Waals surface area contributed by atoms with Gasteiger partial charge in [0.25, 0.3) is 5.91 Å². The number of halogens is 2. The minimum atomic E-state index is -3.00. The highest BCUT2D eigenvalue weighted by molar-refractivity contribution is 6.06. The van der Waals surface area contributed by atoms with E-state index in [9.17, 15) is 13.6 Å². The molecule has 0 unspecified atom stereocenters. The Morgan fingerprint density at radius 1 is 1.11 bits per heavy atom. The first-order valence-corrected chi connectivity index (χ1v) is 8.80. The lowest BCUT2D eigenvalue weighted by Gasteiger charge is -2.11. The van der Waals surface area contributed by atoms with Crippen molar-refractivity contribution in [2.24, 2.45) is 0 Å². The normalized spacial score (nSPS) is 10.9. The smallest absolute Gasteiger partial charge is 0.387 e. The number of nitrogens with zero attached hydrogens (tertiary/aromatic N) is 2. The highest BCUT2D eigenvalue weighted by atomic mass is 19.3. The number of carbonyl (C=O) groups excluding carboxylic acids is 1. The topological polar surface area (TPSA) is 56.2 Å². The van der Waals surface area contributed by atoms with Crippen molar-refractivity contribution in [3.63, 3.8) is 0 Å². The monoisotopic (exact) mass is 385 g/mol. The molecule has 0 saturated heterocycles. The van der Waals surface area contributed by atoms with Crippen LogP contribution in [0.25, 0.3) is 0 Å². The van der Waals surface area contributed by atoms with E-state index in [4.69, 9.17) is 0 Å². The molecule has 0 aliphatic rings. The van der Waals surface area contributed by atoms with Gasteiger partial charge in [0.2, 0.25) is 0 Å². The van der Waals surface area contributed by atoms with Gasteiger partial charge in [0.15, 0.2) is 0 Å². The predicted octanol–water partition coefficient (Wildman–Crippen LogP) is 4.71. The minimum absolute atomic E-state index is 0.0351. The van der Waals surface area contributed by atoms with E-state index in [1.807, 2.05) is 38.1 Å². The summed E-state index contributed by atoms with van der Waals surface area (Å²) < 4.78 is 31.4. The number of nitrogens with one attached hydrogen (secondary N) is 1. The van der Waals surface area contributed by atoms with E-state index in [-0.39, 0.29) is 11.3 Å². The van der Waals surface area contributed by atoms with Gasteiger partial charge in [-0.1, -0.05) is 42.0 Å². The zero-order chi connectivity index (χ0) is 20.3. The number of benzene rings is 2. The van der Waals surface area contributed by atoms with Gasteiger partial charge >= 0.3 is 6.61 Å². The van der Waals surface area contributed by atoms with E-state index in [2.05, 4.69) is 15.2 Å². The summed E-state index contributed by atoms with van der Waals surface area (Å²) in [6, 6.07) is 14.0. The van der Waals surface area contributed by atoms with Crippen LogP contribution in [0.5, 0.6) is 5.75 Å². The zero-order valence-electron chi connectivity index (χ0n) is 15.9. The van der Waals surface area contributed by atoms with Crippen molar-refractivity contribution in [3.05, 3.63) is 76.6 Å². The number of alkyl halides is 2. The molecule has 0 fully saturated rings. The molecule has 1 heterocycles. The Morgan fingerprint density at radius 2 is 1.79 bits per heavy atom. The first-order valence-electron chi connectivity index (χ1n) is 8.80. The summed E-state index contributed by atoms with van der Waals surface area (Å²) in [6.45, 7) is 3.22. The fraction of sp³-hybridized carbons (Fsp3) is 0.238. The molecule has 2 aromatic carbocycles. The number of anilines is 1. The minimum Gasteiger partial charge on any atom is -0.434 e. The lowest BCUT2D eigenvalue weighted by molar-refractivity contribution is -0.0501. The van der Waals surface area contributed by atoms with Gasteiger partial charge in [-0.05, 0) is 38.5 Å². The fourth-order valence-electron chi connectivity index (χ4n) is 2.93. The van der Waals surface area contributed by atoms with E-state index in [0.717, 1.165) is 11.3 Å². The maximum atomic E-state index is 12.7. The third-order valence-electron chi connectivity index (χ3n) is 4.42. The molecule has 0 aliphatic carbocycles. The SMILES string of the molecule is Cc1ccc(Cn2nc(C)c(NC(=O)c3ccccc3OC(F)F)c2C)cc1. The molecule has 28 heavy (non-hydrogen) atoms. The van der Waals surface area contributed by atoms with Crippen LogP contribution in [0.4, 0.5) is 14.5 Å². The fourth-order valence-corrected chi connectivity index (χ4v) is 2.93. The molecule has 0 radical (unpaired) electrons. The molecule has 146 valence electrons. The molecular formula is C21H21F2N3O2. The summed E-state index contributed by atoms with van der Waals surface area (Å²) in [5.41, 5.74) is 4.28. The molecule has 3 aromatic rings. The summed E-state index contributed by atoms with van der Waals surface area (Å²) >= 11 is 0. The van der Waals surface area contributed by atoms with Gasteiger partial charge in [0.05, 0.1) is 29.2 Å². The highest BCUT2D eigenvalue weighted by Crippen LogP contribution is 2.25. The molecule has 1 N–H and O–H groups in total. The number of carbonyl (C=O) groups is 1. The van der Waals surface area contributed by atoms with Crippen molar-refractivity contribution < 1.29 is 18.3 Å². The van der Waals surface area contributed by atoms with Gasteiger partial charge in [-0.15, -0.1) is 0 Å². The summed E-state index contributed by atoms with van der Waals surface area (Å²) in [5.74, 6) is -0.699. The van der Waals surface area contributed by atoms with Gasteiger partial charge < -0.3 is 10.1 Å². The molecule has 0 atom stereocenters. The Labute approximate surface area is 161 Å². The van der Waals surface area contributed by atoms with Crippen LogP contribution >= 0.6 is 0 Å². The second-order valence-corrected chi connectivity index (χ2v) is 6.52. The Bertz CT molecular complexity index is 982. The Kier molecular flexibility index (Phi) is 5.73. The molecule has 3 rings (SSSR count). The van der Waals surface area contributed by atoms with Crippen molar-refractivity contribution in [1.82, 2.24) is 9.78 Å². The first-order chi connectivity index (χ1) is 13.3. The molecule has 0 aliphatic heterocycles. The number of aryl methyl sites for hydroxylation is 2. The van der Waals surface area contributed by atoms with Gasteiger partial charge in [-0.2, -0.15) is 13.9 Å². The van der Waals surface area contributed by atoms with Crippen LogP contribution in [0.3, 0.4) is 0 Å². The van der Waals surface area contributed by atoms with E-state index in [1.54, 1.807) is 17.7 Å². The number of aromatic nitrogens is 2. The van der Waals surface area contributed by atoms with Gasteiger partial charge in [0.1, 0.15) is 5.75 Å². The largest absolute Gasteiger partial charge is 0.434 e. The Hall–Kier alpha value is -3.22. The van der Waals surface area contributed by atoms with Gasteiger partial charge in [0, 0.05) is 0 Å². The number of rotatable bonds is 6. The van der Waals surface area contributed by atoms with Gasteiger partial charge in [-0.25, -0.2) is 0 Å². The molecule has 0 spiro atoms. The van der Waals surface area contributed by atoms with Crippen LogP contribution in [0.2, 0.25) is 0 Å². The van der Waals surface area contributed by atoms with Crippen LogP contribution < -0.4 is 10.1 Å². The number of para-hydroxylation sites is 1. The van der Waals surface area contributed by atoms with Crippen molar-refractivity contribution in [3.8, 4) is 5.75 Å². The third kappa shape index (κ3) is 4.36. The van der Waals surface area contributed by atoms with Crippen LogP contribution in [0, 0.1) is 20.8 Å². The van der Waals surface area contributed by atoms with Crippen LogP contribution in [-0.2, 0) is 6.54 Å². The Balaban J connectivity index is 1.82. The molecule has 5 nitrogen and oxygen atoms in total. The quantitative estimate of drug-likeness (QED) is 0.669. The lowest BCUT2D eigenvalue weighted by atomic mass is 10.1. The molecule has 1 aromatic heterocycles. The lowest BCUT2D eigenvalue weighted by Crippen LogP contribution is -2.16. The van der Waals surface area contributed by atoms with Crippen molar-refractivity contribution in [2.45, 2.75) is 33.9 Å². The maximum absolute atomic E-state index is 12.7. The number of hydrogen-bond acceptors (Lipinski definition) is 3.